The van der Waals surface area contributed by atoms with Crippen molar-refractivity contribution in [3.8, 4) is 0 Å². The van der Waals surface area contributed by atoms with E-state index in [0.717, 1.165) is 0 Å². The van der Waals surface area contributed by atoms with Gasteiger partial charge in [0.05, 0.1) is 0 Å². The second-order valence-corrected chi connectivity index (χ2v) is 3.14. The summed E-state index contributed by atoms with van der Waals surface area (Å²) in [6.07, 6.45) is 4.49. The summed E-state index contributed by atoms with van der Waals surface area (Å²) in [4.78, 5) is 27.6. The van der Waals surface area contributed by atoms with Crippen LogP contribution in [0.15, 0.2) is 17.1 Å². The fourth-order valence-corrected chi connectivity index (χ4v) is 1.09. The number of hydrogen-bond donors (Lipinski definition) is 1. The number of carbonyl (C=O) groups is 2. The molecule has 0 aromatic heterocycles. The number of hydrogen-bond acceptors (Lipinski definition) is 3. The molecule has 3 amide bonds. The van der Waals surface area contributed by atoms with E-state index in [1.165, 1.54) is 24.3 Å². The van der Waals surface area contributed by atoms with Gasteiger partial charge in [0, 0.05) is 26.4 Å². The molecular formula is C11H19N3O3. The second kappa shape index (κ2) is 9.53. The standard InChI is InChI=1S/C11H19N3O3/c1-4-6-10(15)13-7-8-14(9-17-3)11(16)12-5-2/h4-6H,7-9H2,1-3H3,(H,13,15). The molecule has 0 aliphatic heterocycles. The van der Waals surface area contributed by atoms with E-state index < -0.39 is 0 Å². The van der Waals surface area contributed by atoms with Crippen LogP contribution in [0.4, 0.5) is 4.79 Å². The van der Waals surface area contributed by atoms with Crippen molar-refractivity contribution in [3.63, 3.8) is 0 Å². The van der Waals surface area contributed by atoms with E-state index >= 15 is 0 Å². The number of rotatable bonds is 6. The Hall–Kier alpha value is -1.69. The van der Waals surface area contributed by atoms with Crippen LogP contribution < -0.4 is 5.32 Å². The van der Waals surface area contributed by atoms with Gasteiger partial charge < -0.3 is 10.1 Å². The van der Waals surface area contributed by atoms with Crippen molar-refractivity contribution in [2.45, 2.75) is 13.8 Å². The van der Waals surface area contributed by atoms with Gasteiger partial charge in [-0.1, -0.05) is 6.08 Å². The van der Waals surface area contributed by atoms with Crippen LogP contribution >= 0.6 is 0 Å². The largest absolute Gasteiger partial charge is 0.364 e. The van der Waals surface area contributed by atoms with Crippen molar-refractivity contribution >= 4 is 18.2 Å². The van der Waals surface area contributed by atoms with E-state index in [1.807, 2.05) is 0 Å². The predicted molar refractivity (Wildman–Crippen MR) is 66.0 cm³/mol. The Bertz CT molecular complexity index is 300. The number of methoxy groups -OCH3 is 1. The van der Waals surface area contributed by atoms with Crippen LogP contribution in [0.2, 0.25) is 0 Å². The Kier molecular flexibility index (Phi) is 8.58. The minimum absolute atomic E-state index is 0.148. The highest BCUT2D eigenvalue weighted by Crippen LogP contribution is 1.92. The Morgan fingerprint density at radius 2 is 2.12 bits per heavy atom. The summed E-state index contributed by atoms with van der Waals surface area (Å²) in [6, 6.07) is -0.380. The Labute approximate surface area is 101 Å². The molecule has 0 radical (unpaired) electrons. The first-order valence-corrected chi connectivity index (χ1v) is 5.32. The quantitative estimate of drug-likeness (QED) is 0.424. The van der Waals surface area contributed by atoms with Gasteiger partial charge in [-0.15, -0.1) is 0 Å². The normalized spacial score (nSPS) is 11.0. The number of ether oxygens (including phenoxy) is 1. The first-order chi connectivity index (χ1) is 8.15. The Morgan fingerprint density at radius 3 is 2.65 bits per heavy atom. The fourth-order valence-electron chi connectivity index (χ4n) is 1.09. The van der Waals surface area contributed by atoms with Crippen LogP contribution in [0.1, 0.15) is 13.8 Å². The van der Waals surface area contributed by atoms with E-state index in [4.69, 9.17) is 4.74 Å². The first-order valence-electron chi connectivity index (χ1n) is 5.32. The van der Waals surface area contributed by atoms with Crippen molar-refractivity contribution in [1.29, 1.82) is 0 Å². The molecule has 0 fully saturated rings. The van der Waals surface area contributed by atoms with Gasteiger partial charge in [0.25, 0.3) is 0 Å². The average Bonchev–Trinajstić information content (AvgIpc) is 2.28. The summed E-state index contributed by atoms with van der Waals surface area (Å²) >= 11 is 0. The topological polar surface area (TPSA) is 71.0 Å². The first kappa shape index (κ1) is 15.3. The molecule has 0 saturated carbocycles. The summed E-state index contributed by atoms with van der Waals surface area (Å²) in [5.74, 6) is -0.184. The molecule has 0 aliphatic carbocycles. The zero-order valence-electron chi connectivity index (χ0n) is 10.5. The number of nitrogens with zero attached hydrogens (tertiary/aromatic N) is 2. The highest BCUT2D eigenvalue weighted by Gasteiger charge is 2.10. The lowest BCUT2D eigenvalue weighted by Gasteiger charge is -2.18. The van der Waals surface area contributed by atoms with Crippen molar-refractivity contribution in [2.75, 3.05) is 26.9 Å². The third kappa shape index (κ3) is 7.24. The zero-order chi connectivity index (χ0) is 13.1. The number of allylic oxidation sites excluding steroid dienone is 1. The van der Waals surface area contributed by atoms with Gasteiger partial charge in [-0.05, 0) is 19.9 Å². The lowest BCUT2D eigenvalue weighted by molar-refractivity contribution is -0.116. The van der Waals surface area contributed by atoms with Gasteiger partial charge >= 0.3 is 6.03 Å². The van der Waals surface area contributed by atoms with E-state index in [9.17, 15) is 9.59 Å². The highest BCUT2D eigenvalue weighted by molar-refractivity contribution is 5.87. The summed E-state index contributed by atoms with van der Waals surface area (Å²) in [6.45, 7) is 4.29. The minimum Gasteiger partial charge on any atom is -0.364 e. The molecule has 0 unspecified atom stereocenters. The Morgan fingerprint density at radius 1 is 1.41 bits per heavy atom. The molecule has 0 bridgehead atoms. The smallest absolute Gasteiger partial charge is 0.345 e. The van der Waals surface area contributed by atoms with Crippen LogP contribution in [-0.4, -0.2) is 50.0 Å². The van der Waals surface area contributed by atoms with Crippen LogP contribution in [-0.2, 0) is 9.53 Å². The van der Waals surface area contributed by atoms with E-state index in [1.54, 1.807) is 19.9 Å². The second-order valence-electron chi connectivity index (χ2n) is 3.14. The number of carbonyl (C=O) groups excluding carboxylic acids is 2. The zero-order valence-corrected chi connectivity index (χ0v) is 10.5. The molecular weight excluding hydrogens is 222 g/mol. The molecule has 6 nitrogen and oxygen atoms in total. The molecule has 0 spiro atoms. The lowest BCUT2D eigenvalue weighted by atomic mass is 10.4. The number of aliphatic imine (C=N–C) groups is 1. The highest BCUT2D eigenvalue weighted by atomic mass is 16.5. The van der Waals surface area contributed by atoms with E-state index in [0.29, 0.717) is 13.1 Å². The van der Waals surface area contributed by atoms with E-state index in [-0.39, 0.29) is 18.7 Å². The minimum atomic E-state index is -0.380. The predicted octanol–water partition coefficient (Wildman–Crippen LogP) is 0.795. The number of urea groups is 1. The van der Waals surface area contributed by atoms with Crippen molar-refractivity contribution in [1.82, 2.24) is 10.2 Å². The fraction of sp³-hybridized carbons (Fsp3) is 0.545. The van der Waals surface area contributed by atoms with Gasteiger partial charge in [0.15, 0.2) is 0 Å². The molecule has 0 heterocycles. The molecule has 0 aromatic rings. The van der Waals surface area contributed by atoms with Gasteiger partial charge in [-0.3, -0.25) is 9.69 Å². The third-order valence-corrected chi connectivity index (χ3v) is 1.79. The SMILES string of the molecule is CC=CC(=O)NCCN(COC)C(=O)N=CC. The molecule has 1 N–H and O–H groups in total. The van der Waals surface area contributed by atoms with Gasteiger partial charge in [0.2, 0.25) is 5.91 Å². The maximum Gasteiger partial charge on any atom is 0.345 e. The third-order valence-electron chi connectivity index (χ3n) is 1.79. The molecule has 6 heteroatoms. The molecule has 0 aromatic carbocycles. The molecule has 96 valence electrons. The maximum atomic E-state index is 11.5. The molecule has 17 heavy (non-hydrogen) atoms. The lowest BCUT2D eigenvalue weighted by Crippen LogP contribution is -2.38. The van der Waals surface area contributed by atoms with Gasteiger partial charge in [0.1, 0.15) is 6.73 Å². The van der Waals surface area contributed by atoms with Crippen molar-refractivity contribution in [3.05, 3.63) is 12.2 Å². The average molecular weight is 241 g/mol. The maximum absolute atomic E-state index is 11.5. The summed E-state index contributed by atoms with van der Waals surface area (Å²) in [5.41, 5.74) is 0. The van der Waals surface area contributed by atoms with Crippen LogP contribution in [0, 0.1) is 0 Å². The Balaban J connectivity index is 4.09. The summed E-state index contributed by atoms with van der Waals surface area (Å²) in [5, 5.41) is 2.64. The van der Waals surface area contributed by atoms with Crippen molar-refractivity contribution in [2.24, 2.45) is 4.99 Å². The monoisotopic (exact) mass is 241 g/mol. The molecule has 0 atom stereocenters. The number of amides is 3. The van der Waals surface area contributed by atoms with Gasteiger partial charge in [-0.25, -0.2) is 9.79 Å². The molecule has 0 saturated heterocycles. The van der Waals surface area contributed by atoms with E-state index in [2.05, 4.69) is 10.3 Å². The summed E-state index contributed by atoms with van der Waals surface area (Å²) < 4.78 is 4.88. The van der Waals surface area contributed by atoms with Crippen LogP contribution in [0.25, 0.3) is 0 Å². The molecule has 0 rings (SSSR count). The summed E-state index contributed by atoms with van der Waals surface area (Å²) in [7, 11) is 1.49. The van der Waals surface area contributed by atoms with Crippen molar-refractivity contribution < 1.29 is 14.3 Å². The van der Waals surface area contributed by atoms with Crippen LogP contribution in [0.3, 0.4) is 0 Å². The number of nitrogens with one attached hydrogen (secondary N) is 1. The van der Waals surface area contributed by atoms with Gasteiger partial charge in [-0.2, -0.15) is 0 Å². The van der Waals surface area contributed by atoms with Crippen LogP contribution in [0.5, 0.6) is 0 Å². The molecule has 0 aliphatic rings.